The molecular formula is C17H24N4O3S. The lowest BCUT2D eigenvalue weighted by molar-refractivity contribution is 0.103. The van der Waals surface area contributed by atoms with Gasteiger partial charge in [-0.15, -0.1) is 0 Å². The summed E-state index contributed by atoms with van der Waals surface area (Å²) < 4.78 is 33.2. The molecule has 7 nitrogen and oxygen atoms in total. The first-order chi connectivity index (χ1) is 11.8. The molecule has 0 radical (unpaired) electrons. The summed E-state index contributed by atoms with van der Waals surface area (Å²) >= 11 is 0. The topological polar surface area (TPSA) is 67.7 Å². The van der Waals surface area contributed by atoms with Crippen molar-refractivity contribution >= 4 is 10.2 Å². The lowest BCUT2D eigenvalue weighted by Gasteiger charge is -2.29. The number of fused-ring (bicyclic) bond motifs is 1. The molecule has 8 heteroatoms. The minimum absolute atomic E-state index is 0.0382. The highest BCUT2D eigenvalue weighted by Crippen LogP contribution is 2.30. The van der Waals surface area contributed by atoms with Gasteiger partial charge in [-0.1, -0.05) is 18.2 Å². The van der Waals surface area contributed by atoms with Gasteiger partial charge in [-0.05, 0) is 25.6 Å². The number of aromatic nitrogens is 2. The summed E-state index contributed by atoms with van der Waals surface area (Å²) in [5.74, 6) is 1.42. The van der Waals surface area contributed by atoms with Gasteiger partial charge in [-0.3, -0.25) is 4.90 Å². The van der Waals surface area contributed by atoms with Crippen LogP contribution in [0.1, 0.15) is 18.3 Å². The van der Waals surface area contributed by atoms with E-state index in [1.54, 1.807) is 0 Å². The van der Waals surface area contributed by atoms with Crippen LogP contribution in [-0.2, 0) is 23.2 Å². The van der Waals surface area contributed by atoms with E-state index >= 15 is 0 Å². The molecule has 1 aromatic heterocycles. The molecule has 0 fully saturated rings. The summed E-state index contributed by atoms with van der Waals surface area (Å²) in [4.78, 5) is 6.30. The third-order valence-corrected chi connectivity index (χ3v) is 6.44. The maximum atomic E-state index is 12.4. The summed E-state index contributed by atoms with van der Waals surface area (Å²) in [5, 5.41) is 0. The van der Waals surface area contributed by atoms with E-state index in [1.165, 1.54) is 40.3 Å². The predicted octanol–water partition coefficient (Wildman–Crippen LogP) is 1.36. The van der Waals surface area contributed by atoms with E-state index < -0.39 is 10.2 Å². The maximum Gasteiger partial charge on any atom is 0.308 e. The van der Waals surface area contributed by atoms with Gasteiger partial charge < -0.3 is 4.74 Å². The van der Waals surface area contributed by atoms with Crippen LogP contribution in [-0.4, -0.2) is 59.9 Å². The number of likely N-dealkylation sites (N-methyl/N-ethyl adjacent to an activating group) is 1. The largest absolute Gasteiger partial charge is 0.488 e. The lowest BCUT2D eigenvalue weighted by atomic mass is 10.0. The summed E-state index contributed by atoms with van der Waals surface area (Å²) in [6.45, 7) is 2.50. The molecule has 2 aromatic rings. The molecule has 1 aliphatic heterocycles. The van der Waals surface area contributed by atoms with Crippen LogP contribution in [0.4, 0.5) is 0 Å². The number of imidazole rings is 1. The molecule has 3 rings (SSSR count). The maximum absolute atomic E-state index is 12.4. The second kappa shape index (κ2) is 6.78. The second-order valence-corrected chi connectivity index (χ2v) is 8.57. The number of nitrogens with zero attached hydrogens (tertiary/aromatic N) is 4. The number of rotatable bonds is 6. The van der Waals surface area contributed by atoms with E-state index in [1.807, 2.05) is 25.2 Å². The molecule has 0 amide bonds. The molecule has 2 heterocycles. The van der Waals surface area contributed by atoms with E-state index in [0.717, 1.165) is 12.2 Å². The standard InChI is InChI=1S/C17H24N4O3S/c1-13(16-11-14-7-5-6-8-15(14)24-16)20(4)12-17-18-9-10-21(17)25(22,23)19(2)3/h5-10,13,16H,11-12H2,1-4H3. The van der Waals surface area contributed by atoms with Gasteiger partial charge in [0.1, 0.15) is 17.7 Å². The zero-order chi connectivity index (χ0) is 18.2. The summed E-state index contributed by atoms with van der Waals surface area (Å²) in [5.41, 5.74) is 1.21. The minimum atomic E-state index is -3.57. The molecule has 0 saturated carbocycles. The Kier molecular flexibility index (Phi) is 4.86. The second-order valence-electron chi connectivity index (χ2n) is 6.55. The number of para-hydroxylation sites is 1. The zero-order valence-corrected chi connectivity index (χ0v) is 15.8. The van der Waals surface area contributed by atoms with E-state index in [-0.39, 0.29) is 12.1 Å². The minimum Gasteiger partial charge on any atom is -0.488 e. The quantitative estimate of drug-likeness (QED) is 0.774. The average Bonchev–Trinajstić information content (AvgIpc) is 3.20. The first kappa shape index (κ1) is 17.9. The van der Waals surface area contributed by atoms with Crippen LogP contribution in [0, 0.1) is 0 Å². The molecular weight excluding hydrogens is 340 g/mol. The molecule has 2 atom stereocenters. The highest BCUT2D eigenvalue weighted by molar-refractivity contribution is 7.87. The first-order valence-corrected chi connectivity index (χ1v) is 9.60. The molecule has 1 aliphatic rings. The molecule has 0 N–H and O–H groups in total. The molecule has 0 bridgehead atoms. The van der Waals surface area contributed by atoms with Gasteiger partial charge in [0.15, 0.2) is 0 Å². The molecule has 2 unspecified atom stereocenters. The van der Waals surface area contributed by atoms with Gasteiger partial charge in [-0.25, -0.2) is 8.96 Å². The fourth-order valence-electron chi connectivity index (χ4n) is 2.95. The molecule has 136 valence electrons. The lowest BCUT2D eigenvalue weighted by Crippen LogP contribution is -2.42. The molecule has 25 heavy (non-hydrogen) atoms. The third-order valence-electron chi connectivity index (χ3n) is 4.69. The smallest absolute Gasteiger partial charge is 0.308 e. The zero-order valence-electron chi connectivity index (χ0n) is 15.0. The van der Waals surface area contributed by atoms with Gasteiger partial charge >= 0.3 is 10.2 Å². The normalized spacial score (nSPS) is 18.4. The Balaban J connectivity index is 1.72. The molecule has 1 aromatic carbocycles. The molecule has 0 aliphatic carbocycles. The molecule has 0 spiro atoms. The van der Waals surface area contributed by atoms with Crippen molar-refractivity contribution < 1.29 is 13.2 Å². The van der Waals surface area contributed by atoms with Crippen molar-refractivity contribution in [3.63, 3.8) is 0 Å². The Morgan fingerprint density at radius 3 is 2.72 bits per heavy atom. The van der Waals surface area contributed by atoms with Crippen molar-refractivity contribution in [1.29, 1.82) is 0 Å². The Labute approximate surface area is 149 Å². The highest BCUT2D eigenvalue weighted by Gasteiger charge is 2.30. The fourth-order valence-corrected chi connectivity index (χ4v) is 3.88. The van der Waals surface area contributed by atoms with Gasteiger partial charge in [0.05, 0.1) is 6.54 Å². The van der Waals surface area contributed by atoms with Gasteiger partial charge in [-0.2, -0.15) is 12.7 Å². The predicted molar refractivity (Wildman–Crippen MR) is 95.7 cm³/mol. The van der Waals surface area contributed by atoms with Crippen LogP contribution in [0.5, 0.6) is 5.75 Å². The summed E-state index contributed by atoms with van der Waals surface area (Å²) in [6.07, 6.45) is 3.88. The van der Waals surface area contributed by atoms with Gasteiger partial charge in [0, 0.05) is 39.0 Å². The van der Waals surface area contributed by atoms with E-state index in [9.17, 15) is 8.42 Å². The van der Waals surface area contributed by atoms with Crippen molar-refractivity contribution in [2.75, 3.05) is 21.1 Å². The van der Waals surface area contributed by atoms with Crippen molar-refractivity contribution in [2.45, 2.75) is 32.0 Å². The molecule has 0 saturated heterocycles. The highest BCUT2D eigenvalue weighted by atomic mass is 32.2. The average molecular weight is 364 g/mol. The number of hydrogen-bond donors (Lipinski definition) is 0. The Morgan fingerprint density at radius 1 is 1.32 bits per heavy atom. The monoisotopic (exact) mass is 364 g/mol. The van der Waals surface area contributed by atoms with Crippen molar-refractivity contribution in [2.24, 2.45) is 0 Å². The number of benzene rings is 1. The summed E-state index contributed by atoms with van der Waals surface area (Å²) in [6, 6.07) is 8.16. The van der Waals surface area contributed by atoms with E-state index in [4.69, 9.17) is 4.74 Å². The van der Waals surface area contributed by atoms with Crippen LogP contribution < -0.4 is 4.74 Å². The fraction of sp³-hybridized carbons (Fsp3) is 0.471. The Morgan fingerprint density at radius 2 is 2.04 bits per heavy atom. The van der Waals surface area contributed by atoms with Crippen LogP contribution in [0.15, 0.2) is 36.7 Å². The van der Waals surface area contributed by atoms with Crippen LogP contribution in [0.3, 0.4) is 0 Å². The van der Waals surface area contributed by atoms with E-state index in [0.29, 0.717) is 12.4 Å². The van der Waals surface area contributed by atoms with Crippen molar-refractivity contribution in [3.8, 4) is 5.75 Å². The summed E-state index contributed by atoms with van der Waals surface area (Å²) in [7, 11) is 1.41. The van der Waals surface area contributed by atoms with Crippen LogP contribution >= 0.6 is 0 Å². The Hall–Kier alpha value is -1.90. The van der Waals surface area contributed by atoms with Crippen molar-refractivity contribution in [3.05, 3.63) is 48.0 Å². The number of ether oxygens (including phenoxy) is 1. The van der Waals surface area contributed by atoms with Crippen LogP contribution in [0.2, 0.25) is 0 Å². The number of hydrogen-bond acceptors (Lipinski definition) is 5. The van der Waals surface area contributed by atoms with Gasteiger partial charge in [0.2, 0.25) is 0 Å². The Bertz CT molecular complexity index is 822. The third kappa shape index (κ3) is 3.42. The SMILES string of the molecule is CC(C1Cc2ccccc2O1)N(C)Cc1nccn1S(=O)(=O)N(C)C. The van der Waals surface area contributed by atoms with E-state index in [2.05, 4.69) is 22.9 Å². The first-order valence-electron chi connectivity index (χ1n) is 8.20. The van der Waals surface area contributed by atoms with Crippen molar-refractivity contribution in [1.82, 2.24) is 18.2 Å². The van der Waals surface area contributed by atoms with Crippen LogP contribution in [0.25, 0.3) is 0 Å². The van der Waals surface area contributed by atoms with Gasteiger partial charge in [0.25, 0.3) is 0 Å².